The Hall–Kier alpha value is -2.88. The summed E-state index contributed by atoms with van der Waals surface area (Å²) in [4.78, 5) is 11.7. The molecule has 25 heavy (non-hydrogen) atoms. The van der Waals surface area contributed by atoms with Gasteiger partial charge >= 0.3 is 0 Å². The summed E-state index contributed by atoms with van der Waals surface area (Å²) in [5.41, 5.74) is 4.23. The summed E-state index contributed by atoms with van der Waals surface area (Å²) in [5, 5.41) is 3.34. The van der Waals surface area contributed by atoms with Gasteiger partial charge in [0.15, 0.2) is 0 Å². The van der Waals surface area contributed by atoms with Crippen LogP contribution in [0.4, 0.5) is 17.5 Å². The molecule has 0 radical (unpaired) electrons. The van der Waals surface area contributed by atoms with E-state index in [2.05, 4.69) is 61.3 Å². The molecule has 4 heteroatoms. The molecule has 0 amide bonds. The van der Waals surface area contributed by atoms with Gasteiger partial charge in [0.1, 0.15) is 5.82 Å². The van der Waals surface area contributed by atoms with E-state index < -0.39 is 0 Å². The molecule has 1 N–H and O–H groups in total. The summed E-state index contributed by atoms with van der Waals surface area (Å²) < 4.78 is 0. The first-order valence-electron chi connectivity index (χ1n) is 8.72. The van der Waals surface area contributed by atoms with Crippen molar-refractivity contribution in [1.29, 1.82) is 0 Å². The lowest BCUT2D eigenvalue weighted by atomic mass is 10.1. The van der Waals surface area contributed by atoms with Crippen LogP contribution in [-0.4, -0.2) is 23.1 Å². The van der Waals surface area contributed by atoms with E-state index in [4.69, 9.17) is 9.97 Å². The van der Waals surface area contributed by atoms with Crippen LogP contribution in [0.25, 0.3) is 11.3 Å². The maximum atomic E-state index is 4.72. The number of rotatable bonds is 6. The molecule has 3 aromatic rings. The highest BCUT2D eigenvalue weighted by Crippen LogP contribution is 2.25. The Morgan fingerprint density at radius 1 is 0.880 bits per heavy atom. The molecule has 0 fully saturated rings. The normalized spacial score (nSPS) is 10.5. The Kier molecular flexibility index (Phi) is 5.29. The van der Waals surface area contributed by atoms with Crippen LogP contribution in [0.15, 0.2) is 60.7 Å². The van der Waals surface area contributed by atoms with Gasteiger partial charge in [-0.3, -0.25) is 0 Å². The van der Waals surface area contributed by atoms with Crippen LogP contribution in [0, 0.1) is 6.92 Å². The molecular weight excluding hydrogens is 308 g/mol. The van der Waals surface area contributed by atoms with Gasteiger partial charge in [0.25, 0.3) is 0 Å². The predicted octanol–water partition coefficient (Wildman–Crippen LogP) is 5.04. The molecular formula is C21H24N4. The first-order chi connectivity index (χ1) is 12.2. The minimum absolute atomic E-state index is 0.618. The molecule has 4 nitrogen and oxygen atoms in total. The van der Waals surface area contributed by atoms with Crippen LogP contribution >= 0.6 is 0 Å². The van der Waals surface area contributed by atoms with Gasteiger partial charge in [-0.1, -0.05) is 48.0 Å². The van der Waals surface area contributed by atoms with Crippen LogP contribution in [-0.2, 0) is 0 Å². The number of hydrogen-bond donors (Lipinski definition) is 1. The number of hydrogen-bond acceptors (Lipinski definition) is 4. The van der Waals surface area contributed by atoms with Gasteiger partial charge in [0, 0.05) is 30.4 Å². The van der Waals surface area contributed by atoms with Crippen LogP contribution in [0.5, 0.6) is 0 Å². The molecule has 0 aliphatic heterocycles. The molecule has 128 valence electrons. The van der Waals surface area contributed by atoms with E-state index in [-0.39, 0.29) is 0 Å². The van der Waals surface area contributed by atoms with Gasteiger partial charge in [-0.15, -0.1) is 0 Å². The quantitative estimate of drug-likeness (QED) is 0.686. The van der Waals surface area contributed by atoms with Crippen molar-refractivity contribution in [3.63, 3.8) is 0 Å². The Bertz CT molecular complexity index is 809. The van der Waals surface area contributed by atoms with E-state index in [1.807, 2.05) is 30.3 Å². The molecule has 0 saturated carbocycles. The lowest BCUT2D eigenvalue weighted by Crippen LogP contribution is -2.23. The molecule has 1 aromatic heterocycles. The zero-order valence-electron chi connectivity index (χ0n) is 15.0. The van der Waals surface area contributed by atoms with E-state index in [1.165, 1.54) is 5.56 Å². The summed E-state index contributed by atoms with van der Waals surface area (Å²) >= 11 is 0. The Labute approximate surface area is 149 Å². The second-order valence-corrected chi connectivity index (χ2v) is 5.96. The van der Waals surface area contributed by atoms with E-state index >= 15 is 0 Å². The SMILES string of the molecule is CCN(CC)c1cc(-c2ccccc2)nc(Nc2ccc(C)cc2)n1. The van der Waals surface area contributed by atoms with Gasteiger partial charge in [-0.2, -0.15) is 4.98 Å². The number of aromatic nitrogens is 2. The molecule has 1 heterocycles. The first kappa shape index (κ1) is 17.0. The average Bonchev–Trinajstić information content (AvgIpc) is 2.65. The van der Waals surface area contributed by atoms with Crippen molar-refractivity contribution in [2.75, 3.05) is 23.3 Å². The van der Waals surface area contributed by atoms with Crippen LogP contribution in [0.3, 0.4) is 0 Å². The molecule has 0 spiro atoms. The van der Waals surface area contributed by atoms with E-state index in [1.54, 1.807) is 0 Å². The van der Waals surface area contributed by atoms with Gasteiger partial charge < -0.3 is 10.2 Å². The smallest absolute Gasteiger partial charge is 0.229 e. The maximum Gasteiger partial charge on any atom is 0.229 e. The number of benzene rings is 2. The van der Waals surface area contributed by atoms with Crippen molar-refractivity contribution in [3.8, 4) is 11.3 Å². The Balaban J connectivity index is 2.01. The lowest BCUT2D eigenvalue weighted by Gasteiger charge is -2.21. The van der Waals surface area contributed by atoms with Gasteiger partial charge in [0.2, 0.25) is 5.95 Å². The molecule has 0 unspecified atom stereocenters. The summed E-state index contributed by atoms with van der Waals surface area (Å²) in [6, 6.07) is 20.5. The van der Waals surface area contributed by atoms with Crippen molar-refractivity contribution in [1.82, 2.24) is 9.97 Å². The van der Waals surface area contributed by atoms with Gasteiger partial charge in [-0.05, 0) is 32.9 Å². The monoisotopic (exact) mass is 332 g/mol. The molecule has 2 aromatic carbocycles. The number of nitrogens with zero attached hydrogens (tertiary/aromatic N) is 3. The average molecular weight is 332 g/mol. The van der Waals surface area contributed by atoms with Crippen molar-refractivity contribution in [2.45, 2.75) is 20.8 Å². The van der Waals surface area contributed by atoms with Gasteiger partial charge in [0.05, 0.1) is 5.69 Å². The summed E-state index contributed by atoms with van der Waals surface area (Å²) in [7, 11) is 0. The third-order valence-corrected chi connectivity index (χ3v) is 4.18. The summed E-state index contributed by atoms with van der Waals surface area (Å²) in [5.74, 6) is 1.56. The van der Waals surface area contributed by atoms with Gasteiger partial charge in [-0.25, -0.2) is 4.98 Å². The van der Waals surface area contributed by atoms with E-state index in [9.17, 15) is 0 Å². The van der Waals surface area contributed by atoms with Crippen LogP contribution in [0.2, 0.25) is 0 Å². The first-order valence-corrected chi connectivity index (χ1v) is 8.72. The fraction of sp³-hybridized carbons (Fsp3) is 0.238. The van der Waals surface area contributed by atoms with Crippen molar-refractivity contribution in [2.24, 2.45) is 0 Å². The third kappa shape index (κ3) is 4.15. The summed E-state index contributed by atoms with van der Waals surface area (Å²) in [6.07, 6.45) is 0. The highest BCUT2D eigenvalue weighted by molar-refractivity contribution is 5.66. The zero-order valence-corrected chi connectivity index (χ0v) is 15.0. The standard InChI is InChI=1S/C21H24N4/c1-4-25(5-2)20-15-19(17-9-7-6-8-10-17)23-21(24-20)22-18-13-11-16(3)12-14-18/h6-15H,4-5H2,1-3H3,(H,22,23,24). The minimum atomic E-state index is 0.618. The molecule has 0 aliphatic rings. The highest BCUT2D eigenvalue weighted by atomic mass is 15.2. The lowest BCUT2D eigenvalue weighted by molar-refractivity contribution is 0.843. The summed E-state index contributed by atoms with van der Waals surface area (Å²) in [6.45, 7) is 8.17. The molecule has 0 bridgehead atoms. The van der Waals surface area contributed by atoms with Crippen molar-refractivity contribution >= 4 is 17.5 Å². The number of nitrogens with one attached hydrogen (secondary N) is 1. The van der Waals surface area contributed by atoms with E-state index in [0.717, 1.165) is 35.9 Å². The van der Waals surface area contributed by atoms with Crippen LogP contribution in [0.1, 0.15) is 19.4 Å². The predicted molar refractivity (Wildman–Crippen MR) is 105 cm³/mol. The van der Waals surface area contributed by atoms with E-state index in [0.29, 0.717) is 5.95 Å². The number of aryl methyl sites for hydroxylation is 1. The molecule has 3 rings (SSSR count). The topological polar surface area (TPSA) is 41.1 Å². The minimum Gasteiger partial charge on any atom is -0.357 e. The fourth-order valence-corrected chi connectivity index (χ4v) is 2.72. The second kappa shape index (κ2) is 7.79. The molecule has 0 atom stereocenters. The molecule has 0 saturated heterocycles. The fourth-order valence-electron chi connectivity index (χ4n) is 2.72. The second-order valence-electron chi connectivity index (χ2n) is 5.96. The Morgan fingerprint density at radius 3 is 2.20 bits per heavy atom. The highest BCUT2D eigenvalue weighted by Gasteiger charge is 2.11. The zero-order chi connectivity index (χ0) is 17.6. The van der Waals surface area contributed by atoms with Crippen molar-refractivity contribution in [3.05, 3.63) is 66.2 Å². The van der Waals surface area contributed by atoms with Crippen molar-refractivity contribution < 1.29 is 0 Å². The number of anilines is 3. The largest absolute Gasteiger partial charge is 0.357 e. The Morgan fingerprint density at radius 2 is 1.56 bits per heavy atom. The maximum absolute atomic E-state index is 4.72. The van der Waals surface area contributed by atoms with Crippen LogP contribution < -0.4 is 10.2 Å². The third-order valence-electron chi connectivity index (χ3n) is 4.18. The molecule has 0 aliphatic carbocycles.